The Bertz CT molecular complexity index is 688. The number of nitrogens with two attached hydrogens (primary N) is 1. The molecule has 1 unspecified atom stereocenters. The molecule has 1 aromatic carbocycles. The second-order valence-electron chi connectivity index (χ2n) is 4.40. The SMILES string of the molecule is Cc1ccsc1C(N)c1ccc2cccnc2c1. The fourth-order valence-electron chi connectivity index (χ4n) is 2.13. The fourth-order valence-corrected chi connectivity index (χ4v) is 3.09. The number of rotatable bonds is 2. The maximum absolute atomic E-state index is 6.34. The van der Waals surface area contributed by atoms with Crippen molar-refractivity contribution in [1.29, 1.82) is 0 Å². The molecule has 3 rings (SSSR count). The molecule has 2 nitrogen and oxygen atoms in total. The summed E-state index contributed by atoms with van der Waals surface area (Å²) in [6, 6.07) is 12.3. The summed E-state index contributed by atoms with van der Waals surface area (Å²) >= 11 is 1.71. The van der Waals surface area contributed by atoms with Crippen LogP contribution in [0.25, 0.3) is 10.9 Å². The van der Waals surface area contributed by atoms with Crippen LogP contribution < -0.4 is 5.73 Å². The Hall–Kier alpha value is -1.71. The van der Waals surface area contributed by atoms with Crippen LogP contribution in [0, 0.1) is 6.92 Å². The highest BCUT2D eigenvalue weighted by Crippen LogP contribution is 2.28. The maximum Gasteiger partial charge on any atom is 0.0705 e. The van der Waals surface area contributed by atoms with Gasteiger partial charge in [-0.2, -0.15) is 0 Å². The highest BCUT2D eigenvalue weighted by atomic mass is 32.1. The highest BCUT2D eigenvalue weighted by Gasteiger charge is 2.13. The summed E-state index contributed by atoms with van der Waals surface area (Å²) in [4.78, 5) is 5.60. The van der Waals surface area contributed by atoms with Crippen molar-refractivity contribution < 1.29 is 0 Å². The van der Waals surface area contributed by atoms with Crippen molar-refractivity contribution >= 4 is 22.2 Å². The second-order valence-corrected chi connectivity index (χ2v) is 5.35. The van der Waals surface area contributed by atoms with E-state index in [1.54, 1.807) is 11.3 Å². The molecule has 3 aromatic rings. The van der Waals surface area contributed by atoms with E-state index >= 15 is 0 Å². The lowest BCUT2D eigenvalue weighted by Gasteiger charge is -2.12. The summed E-state index contributed by atoms with van der Waals surface area (Å²) in [5.41, 5.74) is 9.71. The molecular formula is C15H14N2S. The topological polar surface area (TPSA) is 38.9 Å². The first-order valence-electron chi connectivity index (χ1n) is 5.90. The molecular weight excluding hydrogens is 240 g/mol. The molecule has 3 heteroatoms. The molecule has 2 aromatic heterocycles. The Kier molecular flexibility index (Phi) is 2.86. The lowest BCUT2D eigenvalue weighted by molar-refractivity contribution is 0.886. The largest absolute Gasteiger partial charge is 0.320 e. The van der Waals surface area contributed by atoms with Crippen molar-refractivity contribution in [2.24, 2.45) is 5.73 Å². The number of hydrogen-bond donors (Lipinski definition) is 1. The third kappa shape index (κ3) is 1.92. The predicted molar refractivity (Wildman–Crippen MR) is 76.8 cm³/mol. The van der Waals surface area contributed by atoms with Crippen LogP contribution in [0.3, 0.4) is 0 Å². The smallest absolute Gasteiger partial charge is 0.0705 e. The van der Waals surface area contributed by atoms with Crippen molar-refractivity contribution in [1.82, 2.24) is 4.98 Å². The van der Waals surface area contributed by atoms with Crippen LogP contribution in [0.1, 0.15) is 22.0 Å². The van der Waals surface area contributed by atoms with Crippen molar-refractivity contribution in [3.63, 3.8) is 0 Å². The average Bonchev–Trinajstić information content (AvgIpc) is 2.83. The van der Waals surface area contributed by atoms with Gasteiger partial charge in [0, 0.05) is 16.5 Å². The van der Waals surface area contributed by atoms with Gasteiger partial charge in [0.05, 0.1) is 11.6 Å². The van der Waals surface area contributed by atoms with Crippen LogP contribution >= 0.6 is 11.3 Å². The van der Waals surface area contributed by atoms with Gasteiger partial charge in [0.25, 0.3) is 0 Å². The number of nitrogens with zero attached hydrogens (tertiary/aromatic N) is 1. The van der Waals surface area contributed by atoms with Gasteiger partial charge in [-0.15, -0.1) is 11.3 Å². The van der Waals surface area contributed by atoms with Gasteiger partial charge < -0.3 is 5.73 Å². The second kappa shape index (κ2) is 4.52. The van der Waals surface area contributed by atoms with E-state index < -0.39 is 0 Å². The van der Waals surface area contributed by atoms with Gasteiger partial charge in [-0.1, -0.05) is 18.2 Å². The van der Waals surface area contributed by atoms with Crippen LogP contribution in [0.4, 0.5) is 0 Å². The summed E-state index contributed by atoms with van der Waals surface area (Å²) in [6.45, 7) is 2.10. The lowest BCUT2D eigenvalue weighted by atomic mass is 10.0. The monoisotopic (exact) mass is 254 g/mol. The minimum Gasteiger partial charge on any atom is -0.320 e. The van der Waals surface area contributed by atoms with Gasteiger partial charge in [-0.05, 0) is 41.6 Å². The highest BCUT2D eigenvalue weighted by molar-refractivity contribution is 7.10. The minimum atomic E-state index is -0.0589. The molecule has 0 spiro atoms. The van der Waals surface area contributed by atoms with Crippen LogP contribution in [0.2, 0.25) is 0 Å². The molecule has 90 valence electrons. The van der Waals surface area contributed by atoms with E-state index in [0.29, 0.717) is 0 Å². The maximum atomic E-state index is 6.34. The summed E-state index contributed by atoms with van der Waals surface area (Å²) in [6.07, 6.45) is 1.81. The molecule has 2 heterocycles. The van der Waals surface area contributed by atoms with Gasteiger partial charge in [-0.25, -0.2) is 0 Å². The number of hydrogen-bond acceptors (Lipinski definition) is 3. The molecule has 1 atom stereocenters. The molecule has 0 aliphatic heterocycles. The van der Waals surface area contributed by atoms with Gasteiger partial charge in [0.1, 0.15) is 0 Å². The summed E-state index contributed by atoms with van der Waals surface area (Å²) < 4.78 is 0. The normalized spacial score (nSPS) is 12.8. The van der Waals surface area contributed by atoms with E-state index in [4.69, 9.17) is 5.73 Å². The third-order valence-corrected chi connectivity index (χ3v) is 4.28. The van der Waals surface area contributed by atoms with E-state index in [0.717, 1.165) is 16.5 Å². The molecule has 0 aliphatic rings. The van der Waals surface area contributed by atoms with Crippen molar-refractivity contribution in [3.8, 4) is 0 Å². The zero-order chi connectivity index (χ0) is 12.5. The minimum absolute atomic E-state index is 0.0589. The van der Waals surface area contributed by atoms with Crippen LogP contribution in [-0.2, 0) is 0 Å². The van der Waals surface area contributed by atoms with Crippen LogP contribution in [0.5, 0.6) is 0 Å². The number of aryl methyl sites for hydroxylation is 1. The van der Waals surface area contributed by atoms with E-state index in [-0.39, 0.29) is 6.04 Å². The Morgan fingerprint density at radius 1 is 1.22 bits per heavy atom. The number of pyridine rings is 1. The number of fused-ring (bicyclic) bond motifs is 1. The molecule has 2 N–H and O–H groups in total. The summed E-state index contributed by atoms with van der Waals surface area (Å²) in [5.74, 6) is 0. The summed E-state index contributed by atoms with van der Waals surface area (Å²) in [7, 11) is 0. The molecule has 0 saturated carbocycles. The standard InChI is InChI=1S/C15H14N2S/c1-10-6-8-18-15(10)14(16)12-5-4-11-3-2-7-17-13(11)9-12/h2-9,14H,16H2,1H3. The quantitative estimate of drug-likeness (QED) is 0.758. The molecule has 0 radical (unpaired) electrons. The van der Waals surface area contributed by atoms with E-state index in [9.17, 15) is 0 Å². The van der Waals surface area contributed by atoms with Gasteiger partial charge in [0.15, 0.2) is 0 Å². The average molecular weight is 254 g/mol. The number of aromatic nitrogens is 1. The molecule has 0 aliphatic carbocycles. The first-order valence-corrected chi connectivity index (χ1v) is 6.78. The Balaban J connectivity index is 2.07. The van der Waals surface area contributed by atoms with Crippen molar-refractivity contribution in [3.05, 3.63) is 64.0 Å². The Morgan fingerprint density at radius 2 is 2.11 bits per heavy atom. The predicted octanol–water partition coefficient (Wildman–Crippen LogP) is 3.65. The van der Waals surface area contributed by atoms with Gasteiger partial charge in [0.2, 0.25) is 0 Å². The van der Waals surface area contributed by atoms with Gasteiger partial charge in [-0.3, -0.25) is 4.98 Å². The van der Waals surface area contributed by atoms with E-state index in [2.05, 4.69) is 47.6 Å². The lowest BCUT2D eigenvalue weighted by Crippen LogP contribution is -2.11. The number of benzene rings is 1. The Labute approximate surface area is 110 Å². The van der Waals surface area contributed by atoms with Gasteiger partial charge >= 0.3 is 0 Å². The van der Waals surface area contributed by atoms with E-state index in [1.807, 2.05) is 12.3 Å². The Morgan fingerprint density at radius 3 is 2.89 bits per heavy atom. The fraction of sp³-hybridized carbons (Fsp3) is 0.133. The summed E-state index contributed by atoms with van der Waals surface area (Å²) in [5, 5.41) is 3.24. The third-order valence-electron chi connectivity index (χ3n) is 3.17. The molecule has 0 fully saturated rings. The molecule has 0 saturated heterocycles. The molecule has 18 heavy (non-hydrogen) atoms. The van der Waals surface area contributed by atoms with Crippen LogP contribution in [-0.4, -0.2) is 4.98 Å². The zero-order valence-electron chi connectivity index (χ0n) is 10.1. The zero-order valence-corrected chi connectivity index (χ0v) is 10.9. The first-order chi connectivity index (χ1) is 8.75. The number of thiophene rings is 1. The van der Waals surface area contributed by atoms with Crippen LogP contribution in [0.15, 0.2) is 48.0 Å². The first kappa shape index (κ1) is 11.4. The van der Waals surface area contributed by atoms with Crippen molar-refractivity contribution in [2.45, 2.75) is 13.0 Å². The molecule has 0 bridgehead atoms. The van der Waals surface area contributed by atoms with Crippen molar-refractivity contribution in [2.75, 3.05) is 0 Å². The molecule has 0 amide bonds. The van der Waals surface area contributed by atoms with E-state index in [1.165, 1.54) is 10.4 Å².